The molecule has 0 aliphatic rings. The first kappa shape index (κ1) is 13.0. The van der Waals surface area contributed by atoms with Crippen LogP contribution in [0.5, 0.6) is 0 Å². The zero-order valence-electron chi connectivity index (χ0n) is 9.73. The van der Waals surface area contributed by atoms with Crippen LogP contribution in [0.25, 0.3) is 0 Å². The molecule has 1 heterocycles. The fourth-order valence-electron chi connectivity index (χ4n) is 1.29. The summed E-state index contributed by atoms with van der Waals surface area (Å²) >= 11 is 1.93. The fourth-order valence-corrected chi connectivity index (χ4v) is 2.00. The maximum Gasteiger partial charge on any atom is 0.140 e. The Morgan fingerprint density at radius 3 is 3.12 bits per heavy atom. The van der Waals surface area contributed by atoms with Crippen LogP contribution in [0.4, 0.5) is 0 Å². The van der Waals surface area contributed by atoms with E-state index in [1.807, 2.05) is 30.0 Å². The lowest BCUT2D eigenvalue weighted by atomic mass is 10.2. The lowest BCUT2D eigenvalue weighted by molar-refractivity contribution is 0.595. The van der Waals surface area contributed by atoms with Crippen molar-refractivity contribution in [2.45, 2.75) is 26.4 Å². The Morgan fingerprint density at radius 1 is 1.62 bits per heavy atom. The molecule has 0 aromatic carbocycles. The Hall–Kier alpha value is -1.05. The monoisotopic (exact) mass is 235 g/mol. The molecule has 1 aromatic rings. The molecule has 0 radical (unpaired) electrons. The summed E-state index contributed by atoms with van der Waals surface area (Å²) in [5.74, 6) is 2.27. The summed E-state index contributed by atoms with van der Waals surface area (Å²) in [6, 6.07) is 6.30. The van der Waals surface area contributed by atoms with Crippen LogP contribution in [0, 0.1) is 11.3 Å². The molecule has 1 rings (SSSR count). The third-order valence-electron chi connectivity index (χ3n) is 2.17. The predicted molar refractivity (Wildman–Crippen MR) is 68.3 cm³/mol. The van der Waals surface area contributed by atoms with Crippen LogP contribution in [-0.2, 0) is 6.54 Å². The first-order valence-corrected chi connectivity index (χ1v) is 6.58. The molecule has 1 N–H and O–H groups in total. The van der Waals surface area contributed by atoms with Crippen molar-refractivity contribution in [3.63, 3.8) is 0 Å². The first-order valence-electron chi connectivity index (χ1n) is 5.42. The van der Waals surface area contributed by atoms with Crippen molar-refractivity contribution in [2.24, 2.45) is 0 Å². The molecule has 0 aliphatic heterocycles. The van der Waals surface area contributed by atoms with E-state index >= 15 is 0 Å². The largest absolute Gasteiger partial charge is 0.309 e. The number of nitrogens with one attached hydrogen (secondary N) is 1. The van der Waals surface area contributed by atoms with Gasteiger partial charge < -0.3 is 5.32 Å². The molecule has 1 atom stereocenters. The average Bonchev–Trinajstić information content (AvgIpc) is 2.34. The van der Waals surface area contributed by atoms with Gasteiger partial charge in [0.15, 0.2) is 0 Å². The van der Waals surface area contributed by atoms with Gasteiger partial charge in [0.2, 0.25) is 0 Å². The number of thioether (sulfide) groups is 1. The summed E-state index contributed by atoms with van der Waals surface area (Å²) in [4.78, 5) is 3.94. The van der Waals surface area contributed by atoms with E-state index < -0.39 is 0 Å². The second kappa shape index (κ2) is 7.26. The summed E-state index contributed by atoms with van der Waals surface area (Å²) < 4.78 is 0. The van der Waals surface area contributed by atoms with Gasteiger partial charge in [0.05, 0.1) is 0 Å². The number of nitrogens with zero attached hydrogens (tertiary/aromatic N) is 2. The van der Waals surface area contributed by atoms with Crippen molar-refractivity contribution in [3.8, 4) is 6.07 Å². The molecule has 0 spiro atoms. The number of aromatic nitrogens is 1. The van der Waals surface area contributed by atoms with E-state index in [0.717, 1.165) is 23.6 Å². The van der Waals surface area contributed by atoms with Crippen LogP contribution in [0.15, 0.2) is 18.3 Å². The molecule has 0 bridgehead atoms. The Balaban J connectivity index is 2.39. The van der Waals surface area contributed by atoms with Crippen LogP contribution in [0.3, 0.4) is 0 Å². The van der Waals surface area contributed by atoms with Gasteiger partial charge >= 0.3 is 0 Å². The van der Waals surface area contributed by atoms with Crippen molar-refractivity contribution >= 4 is 11.8 Å². The average molecular weight is 235 g/mol. The maximum atomic E-state index is 8.72. The van der Waals surface area contributed by atoms with Gasteiger partial charge in [-0.1, -0.05) is 6.92 Å². The molecule has 0 saturated heterocycles. The highest BCUT2D eigenvalue weighted by atomic mass is 32.2. The normalized spacial score (nSPS) is 12.1. The minimum absolute atomic E-state index is 0.481. The number of nitriles is 1. The molecule has 4 heteroatoms. The van der Waals surface area contributed by atoms with E-state index in [1.165, 1.54) is 0 Å². The zero-order chi connectivity index (χ0) is 11.8. The standard InChI is InChI=1S/C12H17N3S/c1-3-16-9-10(2)15-8-11-4-5-14-12(6-11)7-13/h4-6,10,15H,3,8-9H2,1-2H3. The molecule has 0 amide bonds. The summed E-state index contributed by atoms with van der Waals surface area (Å²) in [5.41, 5.74) is 1.59. The van der Waals surface area contributed by atoms with Crippen molar-refractivity contribution in [2.75, 3.05) is 11.5 Å². The SMILES string of the molecule is CCSCC(C)NCc1ccnc(C#N)c1. The van der Waals surface area contributed by atoms with Gasteiger partial charge in [0.25, 0.3) is 0 Å². The Morgan fingerprint density at radius 2 is 2.44 bits per heavy atom. The van der Waals surface area contributed by atoms with Gasteiger partial charge in [0, 0.05) is 24.5 Å². The summed E-state index contributed by atoms with van der Waals surface area (Å²) in [7, 11) is 0. The highest BCUT2D eigenvalue weighted by Gasteiger charge is 2.01. The quantitative estimate of drug-likeness (QED) is 0.821. The molecular weight excluding hydrogens is 218 g/mol. The van der Waals surface area contributed by atoms with Crippen LogP contribution in [-0.4, -0.2) is 22.5 Å². The van der Waals surface area contributed by atoms with Gasteiger partial charge in [-0.3, -0.25) is 0 Å². The number of rotatable bonds is 6. The highest BCUT2D eigenvalue weighted by molar-refractivity contribution is 7.99. The third-order valence-corrected chi connectivity index (χ3v) is 3.31. The molecule has 86 valence electrons. The number of hydrogen-bond acceptors (Lipinski definition) is 4. The first-order chi connectivity index (χ1) is 7.76. The maximum absolute atomic E-state index is 8.72. The molecule has 1 aromatic heterocycles. The van der Waals surface area contributed by atoms with Crippen molar-refractivity contribution in [1.82, 2.24) is 10.3 Å². The Bertz CT molecular complexity index is 360. The second-order valence-electron chi connectivity index (χ2n) is 3.60. The van der Waals surface area contributed by atoms with Gasteiger partial charge in [-0.05, 0) is 30.4 Å². The van der Waals surface area contributed by atoms with Gasteiger partial charge in [0.1, 0.15) is 11.8 Å². The van der Waals surface area contributed by atoms with Crippen LogP contribution < -0.4 is 5.32 Å². The van der Waals surface area contributed by atoms with E-state index in [1.54, 1.807) is 6.20 Å². The summed E-state index contributed by atoms with van der Waals surface area (Å²) in [6.07, 6.45) is 1.68. The van der Waals surface area contributed by atoms with E-state index in [9.17, 15) is 0 Å². The second-order valence-corrected chi connectivity index (χ2v) is 4.92. The summed E-state index contributed by atoms with van der Waals surface area (Å²) in [6.45, 7) is 5.14. The van der Waals surface area contributed by atoms with Crippen LogP contribution in [0.1, 0.15) is 25.1 Å². The smallest absolute Gasteiger partial charge is 0.140 e. The molecule has 0 fully saturated rings. The van der Waals surface area contributed by atoms with Crippen molar-refractivity contribution in [1.29, 1.82) is 5.26 Å². The van der Waals surface area contributed by atoms with E-state index in [4.69, 9.17) is 5.26 Å². The van der Waals surface area contributed by atoms with Crippen LogP contribution >= 0.6 is 11.8 Å². The van der Waals surface area contributed by atoms with E-state index in [0.29, 0.717) is 11.7 Å². The number of hydrogen-bond donors (Lipinski definition) is 1. The molecule has 0 aliphatic carbocycles. The predicted octanol–water partition coefficient (Wildman–Crippen LogP) is 2.18. The molecule has 16 heavy (non-hydrogen) atoms. The highest BCUT2D eigenvalue weighted by Crippen LogP contribution is 2.04. The van der Waals surface area contributed by atoms with E-state index in [-0.39, 0.29) is 0 Å². The van der Waals surface area contributed by atoms with Gasteiger partial charge in [-0.25, -0.2) is 4.98 Å². The van der Waals surface area contributed by atoms with Gasteiger partial charge in [-0.2, -0.15) is 17.0 Å². The van der Waals surface area contributed by atoms with Crippen LogP contribution in [0.2, 0.25) is 0 Å². The minimum Gasteiger partial charge on any atom is -0.309 e. The van der Waals surface area contributed by atoms with E-state index in [2.05, 4.69) is 24.1 Å². The minimum atomic E-state index is 0.481. The number of pyridine rings is 1. The lowest BCUT2D eigenvalue weighted by Gasteiger charge is -2.12. The molecular formula is C12H17N3S. The zero-order valence-corrected chi connectivity index (χ0v) is 10.5. The lowest BCUT2D eigenvalue weighted by Crippen LogP contribution is -2.27. The summed E-state index contributed by atoms with van der Waals surface area (Å²) in [5, 5.41) is 12.1. The van der Waals surface area contributed by atoms with Crippen molar-refractivity contribution in [3.05, 3.63) is 29.6 Å². The molecule has 3 nitrogen and oxygen atoms in total. The third kappa shape index (κ3) is 4.65. The fraction of sp³-hybridized carbons (Fsp3) is 0.500. The Labute approximate surface area is 101 Å². The van der Waals surface area contributed by atoms with Gasteiger partial charge in [-0.15, -0.1) is 0 Å². The topological polar surface area (TPSA) is 48.7 Å². The Kier molecular flexibility index (Phi) is 5.91. The van der Waals surface area contributed by atoms with Crippen molar-refractivity contribution < 1.29 is 0 Å². The molecule has 0 saturated carbocycles. The molecule has 1 unspecified atom stereocenters.